The Bertz CT molecular complexity index is 357. The summed E-state index contributed by atoms with van der Waals surface area (Å²) in [5, 5.41) is 6.58. The van der Waals surface area contributed by atoms with Crippen molar-refractivity contribution in [2.45, 2.75) is 32.7 Å². The number of pyridine rings is 1. The first-order chi connectivity index (χ1) is 8.01. The molecule has 0 fully saturated rings. The van der Waals surface area contributed by atoms with Gasteiger partial charge in [0.25, 0.3) is 0 Å². The molecule has 0 aromatic carbocycles. The van der Waals surface area contributed by atoms with Crippen molar-refractivity contribution in [3.63, 3.8) is 0 Å². The van der Waals surface area contributed by atoms with E-state index in [9.17, 15) is 0 Å². The van der Waals surface area contributed by atoms with Gasteiger partial charge in [-0.05, 0) is 32.9 Å². The van der Waals surface area contributed by atoms with Crippen LogP contribution in [0.25, 0.3) is 0 Å². The monoisotopic (exact) mass is 362 g/mol. The average Bonchev–Trinajstić information content (AvgIpc) is 2.27. The number of aliphatic imine (C=N–C) groups is 1. The third kappa shape index (κ3) is 7.47. The number of halogens is 1. The van der Waals surface area contributed by atoms with Crippen LogP contribution in [0, 0.1) is 0 Å². The van der Waals surface area contributed by atoms with E-state index in [0.29, 0.717) is 0 Å². The van der Waals surface area contributed by atoms with Gasteiger partial charge in [-0.15, -0.1) is 24.0 Å². The van der Waals surface area contributed by atoms with Crippen LogP contribution < -0.4 is 10.6 Å². The summed E-state index contributed by atoms with van der Waals surface area (Å²) in [6.45, 7) is 7.16. The van der Waals surface area contributed by atoms with Crippen molar-refractivity contribution in [3.05, 3.63) is 30.1 Å². The van der Waals surface area contributed by atoms with Gasteiger partial charge in [0.15, 0.2) is 5.96 Å². The lowest BCUT2D eigenvalue weighted by Crippen LogP contribution is -2.48. The predicted octanol–water partition coefficient (Wildman–Crippen LogP) is 2.21. The molecule has 0 radical (unpaired) electrons. The van der Waals surface area contributed by atoms with Crippen LogP contribution in [0.5, 0.6) is 0 Å². The molecule has 4 nitrogen and oxygen atoms in total. The number of nitrogens with one attached hydrogen (secondary N) is 2. The molecule has 0 amide bonds. The first-order valence-electron chi connectivity index (χ1n) is 5.90. The second kappa shape index (κ2) is 8.29. The van der Waals surface area contributed by atoms with E-state index in [1.165, 1.54) is 0 Å². The van der Waals surface area contributed by atoms with E-state index in [0.717, 1.165) is 24.6 Å². The van der Waals surface area contributed by atoms with Gasteiger partial charge in [-0.3, -0.25) is 9.98 Å². The molecule has 0 atom stereocenters. The van der Waals surface area contributed by atoms with Gasteiger partial charge >= 0.3 is 0 Å². The van der Waals surface area contributed by atoms with Gasteiger partial charge in [0.2, 0.25) is 0 Å². The Morgan fingerprint density at radius 3 is 2.56 bits per heavy atom. The van der Waals surface area contributed by atoms with Gasteiger partial charge in [0, 0.05) is 37.4 Å². The number of hydrogen-bond acceptors (Lipinski definition) is 2. The molecule has 1 rings (SSSR count). The normalized spacial score (nSPS) is 11.7. The first kappa shape index (κ1) is 17.2. The molecule has 0 aliphatic heterocycles. The summed E-state index contributed by atoms with van der Waals surface area (Å²) in [6, 6.07) is 5.96. The largest absolute Gasteiger partial charge is 0.356 e. The van der Waals surface area contributed by atoms with Gasteiger partial charge in [0.1, 0.15) is 0 Å². The minimum atomic E-state index is 0. The molecule has 0 aliphatic rings. The third-order valence-corrected chi connectivity index (χ3v) is 2.12. The van der Waals surface area contributed by atoms with Crippen molar-refractivity contribution in [1.29, 1.82) is 0 Å². The van der Waals surface area contributed by atoms with Gasteiger partial charge in [-0.2, -0.15) is 0 Å². The van der Waals surface area contributed by atoms with Crippen LogP contribution in [0.4, 0.5) is 0 Å². The molecule has 0 unspecified atom stereocenters. The number of nitrogens with zero attached hydrogens (tertiary/aromatic N) is 2. The van der Waals surface area contributed by atoms with Gasteiger partial charge in [0.05, 0.1) is 0 Å². The van der Waals surface area contributed by atoms with Crippen molar-refractivity contribution >= 4 is 29.9 Å². The van der Waals surface area contributed by atoms with Gasteiger partial charge in [-0.25, -0.2) is 0 Å². The summed E-state index contributed by atoms with van der Waals surface area (Å²) < 4.78 is 0. The molecule has 0 aliphatic carbocycles. The fraction of sp³-hybridized carbons (Fsp3) is 0.538. The lowest BCUT2D eigenvalue weighted by Gasteiger charge is -2.23. The molecule has 0 saturated carbocycles. The van der Waals surface area contributed by atoms with Crippen LogP contribution in [-0.2, 0) is 6.42 Å². The van der Waals surface area contributed by atoms with Gasteiger partial charge in [-0.1, -0.05) is 6.07 Å². The van der Waals surface area contributed by atoms with Crippen LogP contribution in [0.1, 0.15) is 26.5 Å². The van der Waals surface area contributed by atoms with Crippen LogP contribution in [0.15, 0.2) is 29.4 Å². The zero-order valence-corrected chi connectivity index (χ0v) is 13.9. The number of aromatic nitrogens is 1. The molecule has 1 aromatic heterocycles. The number of guanidine groups is 1. The van der Waals surface area contributed by atoms with E-state index in [1.54, 1.807) is 7.05 Å². The Balaban J connectivity index is 0.00000289. The SMILES string of the molecule is CN=C(NCCc1ccccn1)NC(C)(C)C.I. The molecule has 0 bridgehead atoms. The van der Waals surface area contributed by atoms with Crippen molar-refractivity contribution < 1.29 is 0 Å². The van der Waals surface area contributed by atoms with E-state index in [2.05, 4.69) is 41.4 Å². The summed E-state index contributed by atoms with van der Waals surface area (Å²) in [4.78, 5) is 8.45. The predicted molar refractivity (Wildman–Crippen MR) is 87.6 cm³/mol. The molecule has 1 heterocycles. The second-order valence-corrected chi connectivity index (χ2v) is 4.95. The lowest BCUT2D eigenvalue weighted by atomic mass is 10.1. The van der Waals surface area contributed by atoms with E-state index < -0.39 is 0 Å². The Morgan fingerprint density at radius 2 is 2.06 bits per heavy atom. The maximum atomic E-state index is 4.28. The van der Waals surface area contributed by atoms with Gasteiger partial charge < -0.3 is 10.6 Å². The zero-order chi connectivity index (χ0) is 12.7. The Hall–Kier alpha value is -0.850. The molecule has 1 aromatic rings. The van der Waals surface area contributed by atoms with Crippen molar-refractivity contribution in [2.24, 2.45) is 4.99 Å². The third-order valence-electron chi connectivity index (χ3n) is 2.12. The summed E-state index contributed by atoms with van der Waals surface area (Å²) in [6.07, 6.45) is 2.71. The minimum absolute atomic E-state index is 0. The van der Waals surface area contributed by atoms with Crippen LogP contribution in [0.3, 0.4) is 0 Å². The van der Waals surface area contributed by atoms with Crippen molar-refractivity contribution in [1.82, 2.24) is 15.6 Å². The number of rotatable bonds is 3. The highest BCUT2D eigenvalue weighted by Gasteiger charge is 2.11. The molecular weight excluding hydrogens is 339 g/mol. The Kier molecular flexibility index (Phi) is 7.90. The molecule has 0 saturated heterocycles. The highest BCUT2D eigenvalue weighted by Crippen LogP contribution is 1.98. The zero-order valence-electron chi connectivity index (χ0n) is 11.5. The summed E-state index contributed by atoms with van der Waals surface area (Å²) in [7, 11) is 1.78. The smallest absolute Gasteiger partial charge is 0.191 e. The van der Waals surface area contributed by atoms with E-state index in [4.69, 9.17) is 0 Å². The fourth-order valence-corrected chi connectivity index (χ4v) is 1.39. The number of hydrogen-bond donors (Lipinski definition) is 2. The van der Waals surface area contributed by atoms with Crippen molar-refractivity contribution in [2.75, 3.05) is 13.6 Å². The molecule has 102 valence electrons. The van der Waals surface area contributed by atoms with Crippen LogP contribution >= 0.6 is 24.0 Å². The maximum Gasteiger partial charge on any atom is 0.191 e. The summed E-state index contributed by atoms with van der Waals surface area (Å²) >= 11 is 0. The fourth-order valence-electron chi connectivity index (χ4n) is 1.39. The van der Waals surface area contributed by atoms with Crippen LogP contribution in [-0.4, -0.2) is 30.1 Å². The van der Waals surface area contributed by atoms with Crippen LogP contribution in [0.2, 0.25) is 0 Å². The quantitative estimate of drug-likeness (QED) is 0.493. The molecule has 18 heavy (non-hydrogen) atoms. The Labute approximate surface area is 127 Å². The first-order valence-corrected chi connectivity index (χ1v) is 5.90. The van der Waals surface area contributed by atoms with E-state index in [-0.39, 0.29) is 29.5 Å². The Morgan fingerprint density at radius 1 is 1.33 bits per heavy atom. The maximum absolute atomic E-state index is 4.28. The lowest BCUT2D eigenvalue weighted by molar-refractivity contribution is 0.501. The average molecular weight is 362 g/mol. The summed E-state index contributed by atoms with van der Waals surface area (Å²) in [5.41, 5.74) is 1.11. The second-order valence-electron chi connectivity index (χ2n) is 4.95. The molecular formula is C13H23IN4. The molecule has 0 spiro atoms. The molecule has 5 heteroatoms. The minimum Gasteiger partial charge on any atom is -0.356 e. The highest BCUT2D eigenvalue weighted by molar-refractivity contribution is 14.0. The molecule has 2 N–H and O–H groups in total. The van der Waals surface area contributed by atoms with Crippen molar-refractivity contribution in [3.8, 4) is 0 Å². The topological polar surface area (TPSA) is 49.3 Å². The highest BCUT2D eigenvalue weighted by atomic mass is 127. The summed E-state index contributed by atoms with van der Waals surface area (Å²) in [5.74, 6) is 0.827. The van der Waals surface area contributed by atoms with E-state index in [1.807, 2.05) is 24.4 Å². The van der Waals surface area contributed by atoms with E-state index >= 15 is 0 Å². The standard InChI is InChI=1S/C13H22N4.HI/c1-13(2,3)17-12(14-4)16-10-8-11-7-5-6-9-15-11;/h5-7,9H,8,10H2,1-4H3,(H2,14,16,17);1H.